The second kappa shape index (κ2) is 4.33. The number of benzene rings is 1. The average Bonchev–Trinajstić information content (AvgIpc) is 2.47. The Hall–Kier alpha value is -2.62. The lowest BCUT2D eigenvalue weighted by atomic mass is 10.0. The topological polar surface area (TPSA) is 55.7 Å². The van der Waals surface area contributed by atoms with Crippen molar-refractivity contribution in [3.8, 4) is 0 Å². The Labute approximate surface area is 103 Å². The van der Waals surface area contributed by atoms with Crippen LogP contribution >= 0.6 is 0 Å². The fourth-order valence-electron chi connectivity index (χ4n) is 1.77. The number of fused-ring (bicyclic) bond motifs is 1. The fraction of sp³-hybridized carbons (Fsp3) is 0. The first kappa shape index (κ1) is 10.5. The lowest BCUT2D eigenvalue weighted by molar-refractivity contribution is 0.103. The van der Waals surface area contributed by atoms with Crippen LogP contribution in [-0.4, -0.2) is 20.7 Å². The van der Waals surface area contributed by atoms with Crippen molar-refractivity contribution in [1.82, 2.24) is 15.0 Å². The summed E-state index contributed by atoms with van der Waals surface area (Å²) in [5.74, 6) is -0.0596. The van der Waals surface area contributed by atoms with Crippen LogP contribution in [0.1, 0.15) is 15.9 Å². The SMILES string of the molecule is O=C(c1cccnc1)c1ccc2nccnc2c1. The molecule has 18 heavy (non-hydrogen) atoms. The summed E-state index contributed by atoms with van der Waals surface area (Å²) in [6.07, 6.45) is 6.44. The van der Waals surface area contributed by atoms with E-state index in [1.54, 1.807) is 55.1 Å². The van der Waals surface area contributed by atoms with Crippen LogP contribution in [0.25, 0.3) is 11.0 Å². The molecule has 4 heteroatoms. The summed E-state index contributed by atoms with van der Waals surface area (Å²) in [5.41, 5.74) is 2.66. The highest BCUT2D eigenvalue weighted by molar-refractivity contribution is 6.10. The molecule has 0 radical (unpaired) electrons. The molecule has 2 aromatic heterocycles. The van der Waals surface area contributed by atoms with Crippen molar-refractivity contribution in [3.63, 3.8) is 0 Å². The Morgan fingerprint density at radius 3 is 2.50 bits per heavy atom. The average molecular weight is 235 g/mol. The molecule has 1 aromatic carbocycles. The quantitative estimate of drug-likeness (QED) is 0.639. The van der Waals surface area contributed by atoms with Crippen LogP contribution in [0.2, 0.25) is 0 Å². The number of nitrogens with zero attached hydrogens (tertiary/aromatic N) is 3. The normalized spacial score (nSPS) is 10.4. The molecular formula is C14H9N3O. The molecule has 0 atom stereocenters. The zero-order valence-electron chi connectivity index (χ0n) is 9.45. The zero-order valence-corrected chi connectivity index (χ0v) is 9.45. The van der Waals surface area contributed by atoms with Gasteiger partial charge in [0.25, 0.3) is 0 Å². The van der Waals surface area contributed by atoms with Crippen LogP contribution in [0.3, 0.4) is 0 Å². The predicted molar refractivity (Wildman–Crippen MR) is 67.2 cm³/mol. The van der Waals surface area contributed by atoms with Gasteiger partial charge < -0.3 is 0 Å². The highest BCUT2D eigenvalue weighted by Gasteiger charge is 2.09. The molecule has 0 spiro atoms. The van der Waals surface area contributed by atoms with Gasteiger partial charge in [0.05, 0.1) is 11.0 Å². The Bertz CT molecular complexity index is 710. The van der Waals surface area contributed by atoms with Gasteiger partial charge in [0.2, 0.25) is 0 Å². The number of carbonyl (C=O) groups is 1. The molecule has 0 amide bonds. The molecule has 86 valence electrons. The molecule has 0 saturated carbocycles. The number of ketones is 1. The maximum Gasteiger partial charge on any atom is 0.194 e. The van der Waals surface area contributed by atoms with Gasteiger partial charge in [-0.15, -0.1) is 0 Å². The fourth-order valence-corrected chi connectivity index (χ4v) is 1.77. The molecule has 0 saturated heterocycles. The van der Waals surface area contributed by atoms with Crippen LogP contribution in [0.5, 0.6) is 0 Å². The summed E-state index contributed by atoms with van der Waals surface area (Å²) in [5, 5.41) is 0. The Morgan fingerprint density at radius 1 is 0.889 bits per heavy atom. The van der Waals surface area contributed by atoms with Gasteiger partial charge >= 0.3 is 0 Å². The van der Waals surface area contributed by atoms with Gasteiger partial charge in [0, 0.05) is 35.9 Å². The highest BCUT2D eigenvalue weighted by atomic mass is 16.1. The first-order valence-corrected chi connectivity index (χ1v) is 5.50. The van der Waals surface area contributed by atoms with Gasteiger partial charge in [-0.3, -0.25) is 19.7 Å². The van der Waals surface area contributed by atoms with E-state index in [-0.39, 0.29) is 5.78 Å². The zero-order chi connectivity index (χ0) is 12.4. The van der Waals surface area contributed by atoms with Crippen LogP contribution in [0.15, 0.2) is 55.1 Å². The van der Waals surface area contributed by atoms with Gasteiger partial charge in [-0.2, -0.15) is 0 Å². The maximum atomic E-state index is 12.2. The summed E-state index contributed by atoms with van der Waals surface area (Å²) in [6.45, 7) is 0. The number of rotatable bonds is 2. The van der Waals surface area contributed by atoms with E-state index >= 15 is 0 Å². The summed E-state index contributed by atoms with van der Waals surface area (Å²) >= 11 is 0. The number of aromatic nitrogens is 3. The molecular weight excluding hydrogens is 226 g/mol. The molecule has 0 aliphatic heterocycles. The van der Waals surface area contributed by atoms with Crippen LogP contribution in [0.4, 0.5) is 0 Å². The van der Waals surface area contributed by atoms with Gasteiger partial charge in [-0.05, 0) is 30.3 Å². The van der Waals surface area contributed by atoms with Crippen molar-refractivity contribution in [2.75, 3.05) is 0 Å². The number of hydrogen-bond donors (Lipinski definition) is 0. The summed E-state index contributed by atoms with van der Waals surface area (Å²) < 4.78 is 0. The predicted octanol–water partition coefficient (Wildman–Crippen LogP) is 2.26. The van der Waals surface area contributed by atoms with E-state index in [1.807, 2.05) is 0 Å². The molecule has 0 fully saturated rings. The minimum absolute atomic E-state index is 0.0596. The van der Waals surface area contributed by atoms with Crippen molar-refractivity contribution in [2.24, 2.45) is 0 Å². The van der Waals surface area contributed by atoms with E-state index in [0.717, 1.165) is 5.52 Å². The molecule has 3 rings (SSSR count). The second-order valence-corrected chi connectivity index (χ2v) is 3.83. The lowest BCUT2D eigenvalue weighted by Gasteiger charge is -2.01. The molecule has 0 bridgehead atoms. The van der Waals surface area contributed by atoms with E-state index in [1.165, 1.54) is 0 Å². The van der Waals surface area contributed by atoms with Crippen molar-refractivity contribution < 1.29 is 4.79 Å². The molecule has 0 aliphatic rings. The molecule has 2 heterocycles. The Morgan fingerprint density at radius 2 is 1.72 bits per heavy atom. The number of hydrogen-bond acceptors (Lipinski definition) is 4. The van der Waals surface area contributed by atoms with E-state index in [0.29, 0.717) is 16.6 Å². The van der Waals surface area contributed by atoms with Crippen molar-refractivity contribution in [2.45, 2.75) is 0 Å². The first-order valence-electron chi connectivity index (χ1n) is 5.50. The second-order valence-electron chi connectivity index (χ2n) is 3.83. The lowest BCUT2D eigenvalue weighted by Crippen LogP contribution is -2.01. The largest absolute Gasteiger partial charge is 0.289 e. The van der Waals surface area contributed by atoms with Gasteiger partial charge in [0.1, 0.15) is 0 Å². The maximum absolute atomic E-state index is 12.2. The van der Waals surface area contributed by atoms with Crippen molar-refractivity contribution in [1.29, 1.82) is 0 Å². The van der Waals surface area contributed by atoms with Crippen molar-refractivity contribution in [3.05, 3.63) is 66.2 Å². The Balaban J connectivity index is 2.07. The number of pyridine rings is 1. The van der Waals surface area contributed by atoms with E-state index in [4.69, 9.17) is 0 Å². The van der Waals surface area contributed by atoms with E-state index in [2.05, 4.69) is 15.0 Å². The van der Waals surface area contributed by atoms with E-state index < -0.39 is 0 Å². The summed E-state index contributed by atoms with van der Waals surface area (Å²) in [6, 6.07) is 8.79. The smallest absolute Gasteiger partial charge is 0.194 e. The minimum atomic E-state index is -0.0596. The summed E-state index contributed by atoms with van der Waals surface area (Å²) in [4.78, 5) is 24.5. The van der Waals surface area contributed by atoms with Gasteiger partial charge in [-0.25, -0.2) is 0 Å². The van der Waals surface area contributed by atoms with Gasteiger partial charge in [0.15, 0.2) is 5.78 Å². The van der Waals surface area contributed by atoms with Crippen LogP contribution in [0, 0.1) is 0 Å². The van der Waals surface area contributed by atoms with E-state index in [9.17, 15) is 4.79 Å². The minimum Gasteiger partial charge on any atom is -0.289 e. The molecule has 3 aromatic rings. The third-order valence-electron chi connectivity index (χ3n) is 2.66. The first-order chi connectivity index (χ1) is 8.84. The standard InChI is InChI=1S/C14H9N3O/c18-14(11-2-1-5-15-9-11)10-3-4-12-13(8-10)17-7-6-16-12/h1-9H. The molecule has 0 N–H and O–H groups in total. The monoisotopic (exact) mass is 235 g/mol. The summed E-state index contributed by atoms with van der Waals surface area (Å²) in [7, 11) is 0. The molecule has 4 nitrogen and oxygen atoms in total. The number of carbonyl (C=O) groups excluding carboxylic acids is 1. The molecule has 0 aliphatic carbocycles. The third kappa shape index (κ3) is 1.84. The highest BCUT2D eigenvalue weighted by Crippen LogP contribution is 2.14. The third-order valence-corrected chi connectivity index (χ3v) is 2.66. The van der Waals surface area contributed by atoms with Crippen LogP contribution in [-0.2, 0) is 0 Å². The Kier molecular flexibility index (Phi) is 2.53. The van der Waals surface area contributed by atoms with Crippen LogP contribution < -0.4 is 0 Å². The van der Waals surface area contributed by atoms with Gasteiger partial charge in [-0.1, -0.05) is 0 Å². The molecule has 0 unspecified atom stereocenters. The van der Waals surface area contributed by atoms with Crippen molar-refractivity contribution >= 4 is 16.8 Å².